The van der Waals surface area contributed by atoms with Crippen LogP contribution in [0.3, 0.4) is 0 Å². The van der Waals surface area contributed by atoms with Gasteiger partial charge in [0, 0.05) is 59.3 Å². The first-order valence-corrected chi connectivity index (χ1v) is 13.9. The lowest BCUT2D eigenvalue weighted by atomic mass is 9.76. The average Bonchev–Trinajstić information content (AvgIpc) is 3.47. The van der Waals surface area contributed by atoms with E-state index in [1.807, 2.05) is 58.3 Å². The number of carbonyl (C=O) groups is 2. The molecule has 2 aromatic heterocycles. The number of halogens is 3. The molecule has 1 aliphatic rings. The van der Waals surface area contributed by atoms with Crippen molar-refractivity contribution in [1.29, 1.82) is 0 Å². The third kappa shape index (κ3) is 5.78. The maximum Gasteiger partial charge on any atom is 0.405 e. The maximum atomic E-state index is 13.7. The Kier molecular flexibility index (Phi) is 7.75. The minimum atomic E-state index is -4.46. The Hall–Kier alpha value is -3.62. The number of hydrogen-bond donors (Lipinski definition) is 1. The maximum absolute atomic E-state index is 13.7. The first-order valence-electron chi connectivity index (χ1n) is 13.9. The number of para-hydroxylation sites is 1. The van der Waals surface area contributed by atoms with E-state index in [-0.39, 0.29) is 23.2 Å². The molecule has 1 N–H and O–H groups in total. The van der Waals surface area contributed by atoms with Crippen molar-refractivity contribution in [3.63, 3.8) is 0 Å². The van der Waals surface area contributed by atoms with Gasteiger partial charge in [-0.25, -0.2) is 0 Å². The van der Waals surface area contributed by atoms with Crippen LogP contribution in [0.2, 0.25) is 0 Å². The molecule has 0 aliphatic heterocycles. The number of aryl methyl sites for hydroxylation is 2. The number of Topliss-reactive ketones (excluding diaryl/α,β-unsaturated/α-hetero) is 1. The standard InChI is InChI=1S/C31H35F3N4O2/c1-19-11-12-21(7-6-9-22(19)29(39)26-16-37(3)28-10-5-4-8-24(26)28)15-38-17-25-20(2)23(13-14-27(25)36-38)30(40)35-18-31(32,33)34/h4-5,8,10,13-14,16-17,19,21-22H,6-7,9,11-12,15,18H2,1-3H3,(H,35,40). The minimum Gasteiger partial charge on any atom is -0.350 e. The normalized spacial score (nSPS) is 20.4. The van der Waals surface area contributed by atoms with E-state index in [2.05, 4.69) is 12.0 Å². The fourth-order valence-electron chi connectivity index (χ4n) is 6.23. The van der Waals surface area contributed by atoms with Crippen molar-refractivity contribution in [3.8, 4) is 0 Å². The molecule has 1 aliphatic carbocycles. The number of carbonyl (C=O) groups excluding carboxylic acids is 2. The summed E-state index contributed by atoms with van der Waals surface area (Å²) >= 11 is 0. The molecule has 1 saturated carbocycles. The van der Waals surface area contributed by atoms with Crippen LogP contribution in [-0.2, 0) is 13.6 Å². The van der Waals surface area contributed by atoms with E-state index in [0.29, 0.717) is 17.0 Å². The summed E-state index contributed by atoms with van der Waals surface area (Å²) in [5, 5.41) is 8.42. The quantitative estimate of drug-likeness (QED) is 0.266. The van der Waals surface area contributed by atoms with Crippen LogP contribution in [0.1, 0.15) is 65.3 Å². The molecule has 212 valence electrons. The number of nitrogens with one attached hydrogen (secondary N) is 1. The van der Waals surface area contributed by atoms with Gasteiger partial charge < -0.3 is 9.88 Å². The second-order valence-electron chi connectivity index (χ2n) is 11.3. The zero-order valence-corrected chi connectivity index (χ0v) is 23.1. The monoisotopic (exact) mass is 552 g/mol. The van der Waals surface area contributed by atoms with Crippen molar-refractivity contribution in [1.82, 2.24) is 19.7 Å². The lowest BCUT2D eigenvalue weighted by Crippen LogP contribution is -2.34. The molecule has 9 heteroatoms. The fourth-order valence-corrected chi connectivity index (χ4v) is 6.23. The van der Waals surface area contributed by atoms with Crippen LogP contribution in [-0.4, -0.2) is 38.8 Å². The molecule has 1 amide bonds. The van der Waals surface area contributed by atoms with Crippen LogP contribution >= 0.6 is 0 Å². The van der Waals surface area contributed by atoms with Crippen molar-refractivity contribution in [2.75, 3.05) is 6.54 Å². The molecule has 2 heterocycles. The molecule has 40 heavy (non-hydrogen) atoms. The zero-order valence-electron chi connectivity index (χ0n) is 23.1. The van der Waals surface area contributed by atoms with Crippen molar-refractivity contribution in [2.24, 2.45) is 24.8 Å². The topological polar surface area (TPSA) is 68.9 Å². The number of amides is 1. The van der Waals surface area contributed by atoms with E-state index in [1.165, 1.54) is 6.07 Å². The average molecular weight is 553 g/mol. The number of alkyl halides is 3. The Morgan fingerprint density at radius 1 is 1.00 bits per heavy atom. The van der Waals surface area contributed by atoms with E-state index in [4.69, 9.17) is 0 Å². The number of fused-ring (bicyclic) bond motifs is 2. The molecule has 3 atom stereocenters. The van der Waals surface area contributed by atoms with Gasteiger partial charge in [0.2, 0.25) is 0 Å². The highest BCUT2D eigenvalue weighted by molar-refractivity contribution is 6.09. The molecule has 3 unspecified atom stereocenters. The van der Waals surface area contributed by atoms with Crippen molar-refractivity contribution >= 4 is 33.5 Å². The van der Waals surface area contributed by atoms with Crippen LogP contribution in [0.5, 0.6) is 0 Å². The summed E-state index contributed by atoms with van der Waals surface area (Å²) in [6.45, 7) is 3.28. The molecule has 4 aromatic rings. The Balaban J connectivity index is 1.25. The number of rotatable bonds is 6. The predicted octanol–water partition coefficient (Wildman–Crippen LogP) is 6.84. The molecule has 5 rings (SSSR count). The van der Waals surface area contributed by atoms with Crippen molar-refractivity contribution in [3.05, 3.63) is 65.5 Å². The summed E-state index contributed by atoms with van der Waals surface area (Å²) in [5.41, 5.74) is 3.43. The van der Waals surface area contributed by atoms with Crippen LogP contribution < -0.4 is 5.32 Å². The van der Waals surface area contributed by atoms with E-state index in [0.717, 1.165) is 60.5 Å². The molecular weight excluding hydrogens is 517 g/mol. The third-order valence-corrected chi connectivity index (χ3v) is 8.49. The van der Waals surface area contributed by atoms with Crippen molar-refractivity contribution < 1.29 is 22.8 Å². The highest BCUT2D eigenvalue weighted by Crippen LogP contribution is 2.35. The zero-order chi connectivity index (χ0) is 28.6. The van der Waals surface area contributed by atoms with Crippen LogP contribution in [0.4, 0.5) is 13.2 Å². The summed E-state index contributed by atoms with van der Waals surface area (Å²) in [6, 6.07) is 11.3. The SMILES string of the molecule is Cc1c(C(=O)NCC(F)(F)F)ccc2nn(CC3CCCC(C(=O)c4cn(C)c5ccccc45)C(C)CC3)cc12. The van der Waals surface area contributed by atoms with Gasteiger partial charge in [0.1, 0.15) is 6.54 Å². The van der Waals surface area contributed by atoms with Gasteiger partial charge in [-0.15, -0.1) is 0 Å². The Morgan fingerprint density at radius 3 is 2.55 bits per heavy atom. The van der Waals surface area contributed by atoms with Crippen LogP contribution in [0.25, 0.3) is 21.8 Å². The van der Waals surface area contributed by atoms with Gasteiger partial charge in [-0.05, 0) is 68.2 Å². The largest absolute Gasteiger partial charge is 0.405 e. The lowest BCUT2D eigenvalue weighted by molar-refractivity contribution is -0.123. The van der Waals surface area contributed by atoms with Gasteiger partial charge in [0.05, 0.1) is 5.52 Å². The van der Waals surface area contributed by atoms with Gasteiger partial charge in [-0.2, -0.15) is 18.3 Å². The van der Waals surface area contributed by atoms with Gasteiger partial charge in [-0.1, -0.05) is 31.5 Å². The molecule has 0 radical (unpaired) electrons. The van der Waals surface area contributed by atoms with E-state index < -0.39 is 18.6 Å². The van der Waals surface area contributed by atoms with Crippen molar-refractivity contribution in [2.45, 2.75) is 58.7 Å². The highest BCUT2D eigenvalue weighted by Gasteiger charge is 2.31. The molecule has 0 saturated heterocycles. The second kappa shape index (κ2) is 11.1. The number of ketones is 1. The van der Waals surface area contributed by atoms with E-state index in [9.17, 15) is 22.8 Å². The minimum absolute atomic E-state index is 0.00334. The third-order valence-electron chi connectivity index (χ3n) is 8.49. The fraction of sp³-hybridized carbons (Fsp3) is 0.452. The van der Waals surface area contributed by atoms with E-state index in [1.54, 1.807) is 13.0 Å². The molecule has 0 bridgehead atoms. The Morgan fingerprint density at radius 2 is 1.77 bits per heavy atom. The van der Waals surface area contributed by atoms with Gasteiger partial charge in [0.15, 0.2) is 5.78 Å². The summed E-state index contributed by atoms with van der Waals surface area (Å²) in [4.78, 5) is 26.0. The molecule has 6 nitrogen and oxygen atoms in total. The molecule has 0 spiro atoms. The number of benzene rings is 2. The Bertz CT molecular complexity index is 1550. The van der Waals surface area contributed by atoms with E-state index >= 15 is 0 Å². The molecule has 2 aromatic carbocycles. The number of hydrogen-bond acceptors (Lipinski definition) is 3. The number of aromatic nitrogens is 3. The van der Waals surface area contributed by atoms with Gasteiger partial charge in [-0.3, -0.25) is 14.3 Å². The summed E-state index contributed by atoms with van der Waals surface area (Å²) < 4.78 is 41.5. The predicted molar refractivity (Wildman–Crippen MR) is 149 cm³/mol. The highest BCUT2D eigenvalue weighted by atomic mass is 19.4. The van der Waals surface area contributed by atoms with Gasteiger partial charge in [0.25, 0.3) is 5.91 Å². The first kappa shape index (κ1) is 27.9. The molecule has 1 fully saturated rings. The summed E-state index contributed by atoms with van der Waals surface area (Å²) in [5.74, 6) is 0.174. The van der Waals surface area contributed by atoms with Crippen LogP contribution in [0.15, 0.2) is 48.8 Å². The second-order valence-corrected chi connectivity index (χ2v) is 11.3. The Labute approximate surface area is 231 Å². The molecular formula is C31H35F3N4O2. The summed E-state index contributed by atoms with van der Waals surface area (Å²) in [7, 11) is 1.98. The number of nitrogens with zero attached hydrogens (tertiary/aromatic N) is 3. The summed E-state index contributed by atoms with van der Waals surface area (Å²) in [6.07, 6.45) is 4.15. The van der Waals surface area contributed by atoms with Gasteiger partial charge >= 0.3 is 6.18 Å². The smallest absolute Gasteiger partial charge is 0.350 e. The lowest BCUT2D eigenvalue weighted by Gasteiger charge is -2.29. The first-order chi connectivity index (χ1) is 19.0. The van der Waals surface area contributed by atoms with Crippen LogP contribution in [0, 0.1) is 24.7 Å².